The molecule has 0 saturated carbocycles. The molecule has 0 radical (unpaired) electrons. The molecule has 21 heavy (non-hydrogen) atoms. The van der Waals surface area contributed by atoms with Crippen LogP contribution in [0.1, 0.15) is 11.1 Å². The Morgan fingerprint density at radius 1 is 0.952 bits per heavy atom. The van der Waals surface area contributed by atoms with Crippen LogP contribution in [0.15, 0.2) is 47.4 Å². The second-order valence-electron chi connectivity index (χ2n) is 3.95. The number of hydrogen-bond donors (Lipinski definition) is 0. The Balaban J connectivity index is 2.46. The van der Waals surface area contributed by atoms with E-state index in [-0.39, 0.29) is 10.5 Å². The van der Waals surface area contributed by atoms with E-state index in [0.29, 0.717) is 11.8 Å². The maximum atomic E-state index is 14.0. The van der Waals surface area contributed by atoms with Gasteiger partial charge in [-0.1, -0.05) is 18.2 Å². The van der Waals surface area contributed by atoms with Gasteiger partial charge in [0.1, 0.15) is 17.0 Å². The minimum absolute atomic E-state index is 0.000324. The molecule has 0 N–H and O–H groups in total. The summed E-state index contributed by atoms with van der Waals surface area (Å²) in [6.07, 6.45) is 0. The summed E-state index contributed by atoms with van der Waals surface area (Å²) in [5.74, 6) is -4.54. The molecule has 0 saturated heterocycles. The third kappa shape index (κ3) is 3.26. The van der Waals surface area contributed by atoms with Crippen LogP contribution >= 0.6 is 11.8 Å². The number of nitrogens with zero attached hydrogens (tertiary/aromatic N) is 1. The predicted octanol–water partition coefficient (Wildman–Crippen LogP) is 5.30. The van der Waals surface area contributed by atoms with Gasteiger partial charge in [-0.25, -0.2) is 17.6 Å². The fourth-order valence-electron chi connectivity index (χ4n) is 1.65. The first-order chi connectivity index (χ1) is 10.0. The Morgan fingerprint density at radius 3 is 2.29 bits per heavy atom. The zero-order valence-electron chi connectivity index (χ0n) is 10.4. The monoisotopic (exact) mass is 309 g/mol. The van der Waals surface area contributed by atoms with E-state index in [9.17, 15) is 17.6 Å². The number of hydrogen-bond acceptors (Lipinski definition) is 2. The SMILES string of the molecule is N#CSc1ccc(/C(F)=C(\F)c2ccccc2F)cc1F. The number of nitriles is 1. The zero-order valence-corrected chi connectivity index (χ0v) is 11.2. The largest absolute Gasteiger partial charge is 0.206 e. The molecule has 0 aliphatic heterocycles. The summed E-state index contributed by atoms with van der Waals surface area (Å²) < 4.78 is 54.9. The van der Waals surface area contributed by atoms with Gasteiger partial charge in [-0.15, -0.1) is 0 Å². The number of halogens is 4. The second kappa shape index (κ2) is 6.46. The van der Waals surface area contributed by atoms with Crippen molar-refractivity contribution in [3.05, 3.63) is 65.2 Å². The minimum Gasteiger partial charge on any atom is -0.206 e. The van der Waals surface area contributed by atoms with Gasteiger partial charge in [0.15, 0.2) is 11.7 Å². The lowest BCUT2D eigenvalue weighted by Crippen LogP contribution is -1.90. The molecular weight excluding hydrogens is 302 g/mol. The standard InChI is InChI=1S/C15H7F4NS/c16-11-4-2-1-3-10(11)15(19)14(18)9-5-6-13(21-8-20)12(17)7-9/h1-7H/b15-14+. The average Bonchev–Trinajstić information content (AvgIpc) is 2.48. The van der Waals surface area contributed by atoms with E-state index in [0.717, 1.165) is 30.3 Å². The molecule has 2 aromatic rings. The molecule has 2 rings (SSSR count). The molecule has 6 heteroatoms. The van der Waals surface area contributed by atoms with E-state index >= 15 is 0 Å². The lowest BCUT2D eigenvalue weighted by atomic mass is 10.1. The van der Waals surface area contributed by atoms with Crippen LogP contribution in [0.3, 0.4) is 0 Å². The van der Waals surface area contributed by atoms with Crippen molar-refractivity contribution in [2.75, 3.05) is 0 Å². The second-order valence-corrected chi connectivity index (χ2v) is 4.77. The van der Waals surface area contributed by atoms with Gasteiger partial charge in [-0.05, 0) is 36.0 Å². The Bertz CT molecular complexity index is 750. The van der Waals surface area contributed by atoms with Gasteiger partial charge in [0.2, 0.25) is 0 Å². The zero-order chi connectivity index (χ0) is 15.4. The quantitative estimate of drug-likeness (QED) is 0.332. The van der Waals surface area contributed by atoms with Crippen LogP contribution in [0.25, 0.3) is 11.7 Å². The summed E-state index contributed by atoms with van der Waals surface area (Å²) >= 11 is 0.568. The molecule has 0 amide bonds. The number of benzene rings is 2. The van der Waals surface area contributed by atoms with E-state index in [4.69, 9.17) is 5.26 Å². The van der Waals surface area contributed by atoms with Crippen molar-refractivity contribution in [1.29, 1.82) is 5.26 Å². The van der Waals surface area contributed by atoms with Gasteiger partial charge in [0.25, 0.3) is 0 Å². The van der Waals surface area contributed by atoms with E-state index in [2.05, 4.69) is 0 Å². The van der Waals surface area contributed by atoms with Crippen LogP contribution < -0.4 is 0 Å². The molecule has 1 nitrogen and oxygen atoms in total. The first kappa shape index (κ1) is 15.1. The van der Waals surface area contributed by atoms with Crippen LogP contribution in [-0.2, 0) is 0 Å². The van der Waals surface area contributed by atoms with Gasteiger partial charge >= 0.3 is 0 Å². The summed E-state index contributed by atoms with van der Waals surface area (Å²) in [7, 11) is 0. The molecule has 0 atom stereocenters. The fraction of sp³-hybridized carbons (Fsp3) is 0. The molecule has 0 spiro atoms. The topological polar surface area (TPSA) is 23.8 Å². The Hall–Kier alpha value is -2.26. The highest BCUT2D eigenvalue weighted by Gasteiger charge is 2.16. The molecule has 0 aliphatic rings. The van der Waals surface area contributed by atoms with Crippen molar-refractivity contribution in [2.24, 2.45) is 0 Å². The maximum absolute atomic E-state index is 14.0. The van der Waals surface area contributed by atoms with Crippen LogP contribution in [-0.4, -0.2) is 0 Å². The lowest BCUT2D eigenvalue weighted by Gasteiger charge is -2.05. The fourth-order valence-corrected chi connectivity index (χ4v) is 2.04. The van der Waals surface area contributed by atoms with Crippen LogP contribution in [0.5, 0.6) is 0 Å². The van der Waals surface area contributed by atoms with Crippen molar-refractivity contribution in [2.45, 2.75) is 4.90 Å². The highest BCUT2D eigenvalue weighted by atomic mass is 32.2. The van der Waals surface area contributed by atoms with Crippen molar-refractivity contribution >= 4 is 23.4 Å². The van der Waals surface area contributed by atoms with E-state index in [1.165, 1.54) is 12.1 Å². The van der Waals surface area contributed by atoms with Gasteiger partial charge in [-0.3, -0.25) is 0 Å². The number of thioether (sulfide) groups is 1. The third-order valence-electron chi connectivity index (χ3n) is 2.64. The summed E-state index contributed by atoms with van der Waals surface area (Å²) in [6, 6.07) is 7.83. The average molecular weight is 309 g/mol. The molecule has 106 valence electrons. The molecule has 0 aromatic heterocycles. The highest BCUT2D eigenvalue weighted by Crippen LogP contribution is 2.32. The van der Waals surface area contributed by atoms with Gasteiger partial charge in [-0.2, -0.15) is 5.26 Å². The Morgan fingerprint density at radius 2 is 1.67 bits per heavy atom. The van der Waals surface area contributed by atoms with Gasteiger partial charge in [0, 0.05) is 11.1 Å². The van der Waals surface area contributed by atoms with Crippen molar-refractivity contribution < 1.29 is 17.6 Å². The van der Waals surface area contributed by atoms with Crippen LogP contribution in [0.2, 0.25) is 0 Å². The molecule has 0 heterocycles. The predicted molar refractivity (Wildman–Crippen MR) is 73.3 cm³/mol. The molecule has 0 unspecified atom stereocenters. The Kier molecular flexibility index (Phi) is 4.66. The first-order valence-electron chi connectivity index (χ1n) is 5.70. The summed E-state index contributed by atoms with van der Waals surface area (Å²) in [5.41, 5.74) is -0.901. The lowest BCUT2D eigenvalue weighted by molar-refractivity contribution is 0.599. The minimum atomic E-state index is -1.41. The molecule has 2 aromatic carbocycles. The maximum Gasteiger partial charge on any atom is 0.169 e. The molecular formula is C15H7F4NS. The highest BCUT2D eigenvalue weighted by molar-refractivity contribution is 8.03. The Labute approximate surface area is 122 Å². The number of thiocyanates is 1. The van der Waals surface area contributed by atoms with E-state index in [1.807, 2.05) is 0 Å². The third-order valence-corrected chi connectivity index (χ3v) is 3.29. The van der Waals surface area contributed by atoms with Crippen molar-refractivity contribution in [1.82, 2.24) is 0 Å². The van der Waals surface area contributed by atoms with E-state index in [1.54, 1.807) is 5.40 Å². The molecule has 0 aliphatic carbocycles. The normalized spacial score (nSPS) is 11.8. The first-order valence-corrected chi connectivity index (χ1v) is 6.52. The van der Waals surface area contributed by atoms with Crippen molar-refractivity contribution in [3.8, 4) is 5.40 Å². The molecule has 0 fully saturated rings. The summed E-state index contributed by atoms with van der Waals surface area (Å²) in [6.45, 7) is 0. The van der Waals surface area contributed by atoms with Crippen LogP contribution in [0.4, 0.5) is 17.6 Å². The van der Waals surface area contributed by atoms with Crippen molar-refractivity contribution in [3.63, 3.8) is 0 Å². The number of rotatable bonds is 3. The van der Waals surface area contributed by atoms with Crippen LogP contribution in [0, 0.1) is 22.3 Å². The van der Waals surface area contributed by atoms with Gasteiger partial charge in [0.05, 0.1) is 4.90 Å². The summed E-state index contributed by atoms with van der Waals surface area (Å²) in [5, 5.41) is 10.1. The van der Waals surface area contributed by atoms with E-state index < -0.39 is 28.9 Å². The smallest absolute Gasteiger partial charge is 0.169 e. The van der Waals surface area contributed by atoms with Gasteiger partial charge < -0.3 is 0 Å². The molecule has 0 bridgehead atoms. The summed E-state index contributed by atoms with van der Waals surface area (Å²) in [4.78, 5) is 0.000324.